The maximum absolute atomic E-state index is 13.6. The number of nitrogens with zero attached hydrogens (tertiary/aromatic N) is 1. The molecule has 3 N–H and O–H groups in total. The van der Waals surface area contributed by atoms with Crippen molar-refractivity contribution in [3.8, 4) is 0 Å². The quantitative estimate of drug-likeness (QED) is 0.447. The number of allylic oxidation sites excluding steroid dienone is 1. The molecule has 4 aliphatic rings. The number of carbonyl (C=O) groups is 4. The number of hydrogen-bond donors (Lipinski definition) is 3. The fourth-order valence-electron chi connectivity index (χ4n) is 5.50. The van der Waals surface area contributed by atoms with Crippen LogP contribution in [0.4, 0.5) is 0 Å². The lowest BCUT2D eigenvalue weighted by Gasteiger charge is -2.30. The van der Waals surface area contributed by atoms with E-state index in [-0.39, 0.29) is 29.6 Å². The summed E-state index contributed by atoms with van der Waals surface area (Å²) in [6.07, 6.45) is 10.4. The van der Waals surface area contributed by atoms with E-state index in [2.05, 4.69) is 15.4 Å². The Kier molecular flexibility index (Phi) is 8.26. The van der Waals surface area contributed by atoms with Gasteiger partial charge < -0.3 is 15.5 Å². The molecule has 1 unspecified atom stereocenters. The highest BCUT2D eigenvalue weighted by Crippen LogP contribution is 2.46. The smallest absolute Gasteiger partial charge is 0.259 e. The third kappa shape index (κ3) is 6.76. The Labute approximate surface area is 225 Å². The maximum atomic E-state index is 13.6. The van der Waals surface area contributed by atoms with Crippen LogP contribution < -0.4 is 15.4 Å². The molecule has 0 spiro atoms. The van der Waals surface area contributed by atoms with Crippen molar-refractivity contribution in [3.63, 3.8) is 0 Å². The molecule has 1 saturated heterocycles. The molecule has 10 nitrogen and oxygen atoms in total. The topological polar surface area (TPSA) is 142 Å². The minimum Gasteiger partial charge on any atom is -0.344 e. The van der Waals surface area contributed by atoms with E-state index in [1.165, 1.54) is 4.90 Å². The predicted octanol–water partition coefficient (Wildman–Crippen LogP) is 1.90. The third-order valence-electron chi connectivity index (χ3n) is 7.86. The van der Waals surface area contributed by atoms with Gasteiger partial charge in [-0.2, -0.15) is 0 Å². The van der Waals surface area contributed by atoms with Crippen molar-refractivity contribution >= 4 is 33.7 Å². The van der Waals surface area contributed by atoms with Gasteiger partial charge in [-0.3, -0.25) is 23.9 Å². The van der Waals surface area contributed by atoms with Gasteiger partial charge in [0.2, 0.25) is 27.7 Å². The van der Waals surface area contributed by atoms with Gasteiger partial charge in [0.15, 0.2) is 0 Å². The summed E-state index contributed by atoms with van der Waals surface area (Å²) in [4.78, 5) is 54.6. The van der Waals surface area contributed by atoms with E-state index in [4.69, 9.17) is 0 Å². The van der Waals surface area contributed by atoms with Crippen molar-refractivity contribution in [2.24, 2.45) is 11.3 Å². The minimum absolute atomic E-state index is 0.190. The minimum atomic E-state index is -3.77. The summed E-state index contributed by atoms with van der Waals surface area (Å²) in [5.74, 6) is -1.94. The van der Waals surface area contributed by atoms with E-state index in [0.29, 0.717) is 45.1 Å². The predicted molar refractivity (Wildman–Crippen MR) is 142 cm³/mol. The molecule has 4 amide bonds. The van der Waals surface area contributed by atoms with Crippen molar-refractivity contribution in [1.29, 1.82) is 0 Å². The van der Waals surface area contributed by atoms with Gasteiger partial charge in [0.25, 0.3) is 5.91 Å². The van der Waals surface area contributed by atoms with Gasteiger partial charge in [0.05, 0.1) is 5.25 Å². The van der Waals surface area contributed by atoms with E-state index in [1.807, 2.05) is 32.9 Å². The third-order valence-corrected chi connectivity index (χ3v) is 9.68. The van der Waals surface area contributed by atoms with E-state index in [1.54, 1.807) is 0 Å². The Bertz CT molecular complexity index is 1090. The summed E-state index contributed by atoms with van der Waals surface area (Å²) < 4.78 is 27.2. The van der Waals surface area contributed by atoms with Gasteiger partial charge in [-0.1, -0.05) is 45.8 Å². The molecule has 212 valence electrons. The number of hydrogen-bond acceptors (Lipinski definition) is 6. The van der Waals surface area contributed by atoms with E-state index >= 15 is 0 Å². The SMILES string of the molecule is CC(C)(C)CC(=O)N[C@H]1CCCCCC=C[C@@H]2C[C@@]2(C(=O)NS(=O)(=O)C2CC2)NC(=O)C2CCCN2C1=O. The first-order chi connectivity index (χ1) is 17.8. The van der Waals surface area contributed by atoms with Gasteiger partial charge in [0, 0.05) is 18.9 Å². The molecule has 2 heterocycles. The number of rotatable bonds is 5. The lowest BCUT2D eigenvalue weighted by molar-refractivity contribution is -0.142. The summed E-state index contributed by atoms with van der Waals surface area (Å²) in [6, 6.07) is -1.49. The first kappa shape index (κ1) is 28.6. The molecule has 0 aromatic heterocycles. The first-order valence-corrected chi connectivity index (χ1v) is 15.5. The molecule has 2 aliphatic heterocycles. The molecule has 11 heteroatoms. The van der Waals surface area contributed by atoms with Crippen LogP contribution in [0.3, 0.4) is 0 Å². The molecule has 3 fully saturated rings. The average molecular weight is 551 g/mol. The number of carbonyl (C=O) groups excluding carboxylic acids is 4. The summed E-state index contributed by atoms with van der Waals surface area (Å²) >= 11 is 0. The molecule has 0 aromatic rings. The Morgan fingerprint density at radius 3 is 2.50 bits per heavy atom. The molecular formula is C27H42N4O6S. The lowest BCUT2D eigenvalue weighted by atomic mass is 9.91. The molecule has 2 aliphatic carbocycles. The molecular weight excluding hydrogens is 508 g/mol. The van der Waals surface area contributed by atoms with Crippen LogP contribution in [0.25, 0.3) is 0 Å². The standard InChI is InChI=1S/C27H42N4O6S/c1-26(2,3)17-22(32)28-20-11-8-6-4-5-7-10-18-16-27(18,25(35)30-38(36,37)19-13-14-19)29-23(33)21-12-9-15-31(21)24(20)34/h7,10,18-21H,4-6,8-9,11-17H2,1-3H3,(H,28,32)(H,29,33)(H,30,35)/t18-,20+,21?,27-/m1/s1. The number of amides is 4. The van der Waals surface area contributed by atoms with Crippen LogP contribution in [0.5, 0.6) is 0 Å². The van der Waals surface area contributed by atoms with Crippen LogP contribution in [0.1, 0.15) is 91.4 Å². The van der Waals surface area contributed by atoms with Crippen molar-refractivity contribution in [1.82, 2.24) is 20.3 Å². The first-order valence-electron chi connectivity index (χ1n) is 14.0. The van der Waals surface area contributed by atoms with Crippen molar-refractivity contribution in [3.05, 3.63) is 12.2 Å². The van der Waals surface area contributed by atoms with E-state index in [0.717, 1.165) is 25.7 Å². The van der Waals surface area contributed by atoms with Crippen LogP contribution in [-0.4, -0.2) is 66.4 Å². The molecule has 0 aromatic carbocycles. The summed E-state index contributed by atoms with van der Waals surface area (Å²) in [5, 5.41) is 5.22. The second kappa shape index (κ2) is 11.0. The normalized spacial score (nSPS) is 30.8. The highest BCUT2D eigenvalue weighted by Gasteiger charge is 2.61. The fraction of sp³-hybridized carbons (Fsp3) is 0.778. The van der Waals surface area contributed by atoms with Gasteiger partial charge >= 0.3 is 0 Å². The highest BCUT2D eigenvalue weighted by molar-refractivity contribution is 7.91. The van der Waals surface area contributed by atoms with E-state index in [9.17, 15) is 27.6 Å². The van der Waals surface area contributed by atoms with Crippen LogP contribution in [-0.2, 0) is 29.2 Å². The van der Waals surface area contributed by atoms with Gasteiger partial charge in [0.1, 0.15) is 17.6 Å². The number of nitrogens with one attached hydrogen (secondary N) is 3. The Hall–Kier alpha value is -2.43. The van der Waals surface area contributed by atoms with Crippen molar-refractivity contribution < 1.29 is 27.6 Å². The van der Waals surface area contributed by atoms with Gasteiger partial charge in [-0.15, -0.1) is 0 Å². The van der Waals surface area contributed by atoms with Gasteiger partial charge in [-0.05, 0) is 56.8 Å². The lowest BCUT2D eigenvalue weighted by Crippen LogP contribution is -2.58. The van der Waals surface area contributed by atoms with Gasteiger partial charge in [-0.25, -0.2) is 8.42 Å². The average Bonchev–Trinajstić information content (AvgIpc) is 3.72. The zero-order chi connectivity index (χ0) is 27.7. The Morgan fingerprint density at radius 2 is 1.82 bits per heavy atom. The monoisotopic (exact) mass is 550 g/mol. The molecule has 0 bridgehead atoms. The zero-order valence-corrected chi connectivity index (χ0v) is 23.6. The van der Waals surface area contributed by atoms with Crippen LogP contribution >= 0.6 is 0 Å². The van der Waals surface area contributed by atoms with Crippen LogP contribution in [0.15, 0.2) is 12.2 Å². The molecule has 2 saturated carbocycles. The number of fused-ring (bicyclic) bond motifs is 2. The van der Waals surface area contributed by atoms with Crippen molar-refractivity contribution in [2.75, 3.05) is 6.54 Å². The second-order valence-corrected chi connectivity index (χ2v) is 14.5. The van der Waals surface area contributed by atoms with E-state index < -0.39 is 44.7 Å². The molecule has 38 heavy (non-hydrogen) atoms. The molecule has 4 rings (SSSR count). The summed E-state index contributed by atoms with van der Waals surface area (Å²) in [5.41, 5.74) is -1.56. The Morgan fingerprint density at radius 1 is 1.08 bits per heavy atom. The largest absolute Gasteiger partial charge is 0.344 e. The fourth-order valence-corrected chi connectivity index (χ4v) is 6.87. The number of sulfonamides is 1. The van der Waals surface area contributed by atoms with Crippen molar-refractivity contribution in [2.45, 2.75) is 114 Å². The summed E-state index contributed by atoms with van der Waals surface area (Å²) in [6.45, 7) is 6.28. The van der Waals surface area contributed by atoms with Crippen LogP contribution in [0, 0.1) is 11.3 Å². The maximum Gasteiger partial charge on any atom is 0.259 e. The highest BCUT2D eigenvalue weighted by atomic mass is 32.2. The Balaban J connectivity index is 1.54. The molecule has 4 atom stereocenters. The zero-order valence-electron chi connectivity index (χ0n) is 22.8. The second-order valence-electron chi connectivity index (χ2n) is 12.6. The summed E-state index contributed by atoms with van der Waals surface area (Å²) in [7, 11) is -3.77. The van der Waals surface area contributed by atoms with Crippen LogP contribution in [0.2, 0.25) is 0 Å². The molecule has 0 radical (unpaired) electrons.